The molecule has 8 aliphatic heterocycles. The summed E-state index contributed by atoms with van der Waals surface area (Å²) in [5.41, 5.74) is -1.01. The molecule has 8 heterocycles. The van der Waals surface area contributed by atoms with Gasteiger partial charge in [0.2, 0.25) is 10.0 Å². The minimum absolute atomic E-state index is 0.0414. The molecule has 0 radical (unpaired) electrons. The third-order valence-corrected chi connectivity index (χ3v) is 17.6. The summed E-state index contributed by atoms with van der Waals surface area (Å²) in [7, 11) is -13.6. The van der Waals surface area contributed by atoms with Gasteiger partial charge in [-0.1, -0.05) is 27.7 Å². The molecule has 65 heavy (non-hydrogen) atoms. The number of benzene rings is 2. The molecule has 0 saturated carbocycles. The summed E-state index contributed by atoms with van der Waals surface area (Å²) in [6.45, 7) is 8.84. The average Bonchev–Trinajstić information content (AvgIpc) is 4.03. The summed E-state index contributed by atoms with van der Waals surface area (Å²) in [6.07, 6.45) is 3.83. The van der Waals surface area contributed by atoms with E-state index in [4.69, 9.17) is 9.47 Å². The van der Waals surface area contributed by atoms with Gasteiger partial charge in [0.25, 0.3) is 31.9 Å². The number of hydrogen-bond donors (Lipinski definition) is 4. The number of nitrogens with one attached hydrogen (secondary N) is 2. The molecule has 4 fully saturated rings. The van der Waals surface area contributed by atoms with Crippen LogP contribution >= 0.6 is 0 Å². The lowest BCUT2D eigenvalue weighted by Gasteiger charge is -2.42. The van der Waals surface area contributed by atoms with Crippen LogP contribution in [0.4, 0.5) is 22.7 Å². The average molecular weight is 954 g/mol. The van der Waals surface area contributed by atoms with E-state index in [0.29, 0.717) is 38.8 Å². The van der Waals surface area contributed by atoms with Gasteiger partial charge >= 0.3 is 0 Å². The van der Waals surface area contributed by atoms with Crippen molar-refractivity contribution in [3.8, 4) is 0 Å². The van der Waals surface area contributed by atoms with E-state index in [1.807, 2.05) is 27.7 Å². The molecule has 0 aromatic heterocycles. The second-order valence-electron chi connectivity index (χ2n) is 19.0. The van der Waals surface area contributed by atoms with Crippen molar-refractivity contribution in [1.82, 2.24) is 9.80 Å². The topological polar surface area (TPSA) is 254 Å². The van der Waals surface area contributed by atoms with Gasteiger partial charge < -0.3 is 40.1 Å². The second kappa shape index (κ2) is 15.3. The summed E-state index contributed by atoms with van der Waals surface area (Å²) in [5, 5.41) is 29.1. The van der Waals surface area contributed by atoms with E-state index in [0.717, 1.165) is 35.5 Å². The first-order chi connectivity index (χ1) is 30.6. The van der Waals surface area contributed by atoms with Crippen LogP contribution in [0.1, 0.15) is 66.2 Å². The van der Waals surface area contributed by atoms with Gasteiger partial charge in [-0.05, 0) is 86.8 Å². The van der Waals surface area contributed by atoms with Crippen LogP contribution in [0, 0.1) is 23.7 Å². The van der Waals surface area contributed by atoms with Gasteiger partial charge in [0.1, 0.15) is 32.5 Å². The third kappa shape index (κ3) is 7.03. The fraction of sp³-hybridized carbons (Fsp3) is 0.535. The van der Waals surface area contributed by atoms with Crippen LogP contribution in [-0.4, -0.2) is 125 Å². The molecule has 2 aromatic carbocycles. The number of hydrogen-bond acceptors (Lipinski definition) is 14. The first-order valence-electron chi connectivity index (χ1n) is 22.0. The first kappa shape index (κ1) is 43.8. The fourth-order valence-electron chi connectivity index (χ4n) is 10.9. The zero-order chi connectivity index (χ0) is 46.2. The number of sulfonamides is 3. The van der Waals surface area contributed by atoms with Crippen molar-refractivity contribution in [1.29, 1.82) is 0 Å². The van der Waals surface area contributed by atoms with Crippen LogP contribution in [0.2, 0.25) is 0 Å². The van der Waals surface area contributed by atoms with Gasteiger partial charge in [-0.2, -0.15) is 16.8 Å². The Morgan fingerprint density at radius 2 is 1.08 bits per heavy atom. The Bertz CT molecular complexity index is 2730. The highest BCUT2D eigenvalue weighted by molar-refractivity contribution is 7.92. The fourth-order valence-corrected chi connectivity index (χ4v) is 14.2. The van der Waals surface area contributed by atoms with E-state index in [1.54, 1.807) is 9.80 Å². The Morgan fingerprint density at radius 1 is 0.692 bits per heavy atom. The molecule has 8 unspecified atom stereocenters. The van der Waals surface area contributed by atoms with Gasteiger partial charge in [-0.3, -0.25) is 9.59 Å². The summed E-state index contributed by atoms with van der Waals surface area (Å²) < 4.78 is 104. The van der Waals surface area contributed by atoms with E-state index >= 15 is 0 Å². The Balaban J connectivity index is 0.969. The lowest BCUT2D eigenvalue weighted by Crippen LogP contribution is -2.56. The van der Waals surface area contributed by atoms with Crippen molar-refractivity contribution in [2.75, 3.05) is 34.3 Å². The molecule has 22 heteroatoms. The van der Waals surface area contributed by atoms with Crippen molar-refractivity contribution in [2.24, 2.45) is 32.5 Å². The van der Waals surface area contributed by atoms with Crippen LogP contribution < -0.4 is 14.9 Å². The number of rotatable bonds is 11. The number of anilines is 4. The van der Waals surface area contributed by atoms with Crippen LogP contribution in [-0.2, 0) is 49.1 Å². The highest BCUT2D eigenvalue weighted by atomic mass is 32.2. The molecule has 8 aliphatic rings. The molecule has 2 amide bonds. The van der Waals surface area contributed by atoms with Crippen LogP contribution in [0.5, 0.6) is 0 Å². The maximum Gasteiger partial charge on any atom is 0.286 e. The molecule has 4 N–H and O–H groups in total. The molecule has 2 aromatic rings. The van der Waals surface area contributed by atoms with Crippen molar-refractivity contribution >= 4 is 76.3 Å². The number of fused-ring (bicyclic) bond motifs is 12. The highest BCUT2D eigenvalue weighted by Crippen LogP contribution is 2.50. The SMILES string of the molecule is CC(C)CCN1C(=O)C(C2=NS(=O)(=O)c3cc(N(c4ccc5c(c4)S(=O)(=O)N=C(C4=C(O)C6C7CCC(O7)C6N(CCC(C)C)C4=O)N5)S(C)(=O)=O)ccc3N2)=C(O)C2C3CCC(O3)C21. The minimum atomic E-state index is -4.66. The molecule has 19 nitrogen and oxygen atoms in total. The van der Waals surface area contributed by atoms with Gasteiger partial charge in [0, 0.05) is 13.1 Å². The highest BCUT2D eigenvalue weighted by Gasteiger charge is 2.60. The lowest BCUT2D eigenvalue weighted by atomic mass is 9.77. The summed E-state index contributed by atoms with van der Waals surface area (Å²) >= 11 is 0. The van der Waals surface area contributed by atoms with Crippen LogP contribution in [0.3, 0.4) is 0 Å². The van der Waals surface area contributed by atoms with Crippen molar-refractivity contribution in [3.05, 3.63) is 59.1 Å². The maximum absolute atomic E-state index is 14.2. The monoisotopic (exact) mass is 953 g/mol. The first-order valence-corrected chi connectivity index (χ1v) is 26.7. The number of carbonyl (C=O) groups is 2. The number of amidine groups is 2. The summed E-state index contributed by atoms with van der Waals surface area (Å²) in [5.74, 6) is -3.10. The molecule has 4 saturated heterocycles. The Morgan fingerprint density at radius 3 is 1.45 bits per heavy atom. The largest absolute Gasteiger partial charge is 0.511 e. The van der Waals surface area contributed by atoms with E-state index < -0.39 is 75.6 Å². The van der Waals surface area contributed by atoms with Gasteiger partial charge in [0.15, 0.2) is 11.7 Å². The number of nitrogens with zero attached hydrogens (tertiary/aromatic N) is 5. The molecule has 0 aliphatic carbocycles. The summed E-state index contributed by atoms with van der Waals surface area (Å²) in [4.78, 5) is 30.8. The molecule has 10 rings (SSSR count). The second-order valence-corrected chi connectivity index (χ2v) is 23.9. The Labute approximate surface area is 377 Å². The number of aliphatic hydroxyl groups excluding tert-OH is 2. The predicted molar refractivity (Wildman–Crippen MR) is 238 cm³/mol. The molecule has 8 atom stereocenters. The lowest BCUT2D eigenvalue weighted by molar-refractivity contribution is -0.133. The number of carbonyl (C=O) groups excluding carboxylic acids is 2. The number of ether oxygens (including phenoxy) is 2. The molecular weight excluding hydrogens is 903 g/mol. The predicted octanol–water partition coefficient (Wildman–Crippen LogP) is 4.30. The van der Waals surface area contributed by atoms with E-state index in [1.165, 1.54) is 24.3 Å². The molecule has 4 bridgehead atoms. The molecular formula is C43H51N7O12S3. The maximum atomic E-state index is 14.2. The quantitative estimate of drug-likeness (QED) is 0.245. The Hall–Kier alpha value is -5.03. The third-order valence-electron chi connectivity index (χ3n) is 13.9. The summed E-state index contributed by atoms with van der Waals surface area (Å²) in [6, 6.07) is 6.54. The van der Waals surface area contributed by atoms with Crippen molar-refractivity contribution in [2.45, 2.75) is 113 Å². The standard InChI is InChI=1S/C43H51N7O12S3/c1-20(2)14-16-48-36-28-12-10-26(61-28)32(36)38(51)34(42(48)53)40-44-24-8-6-22(18-30(24)64(57,58)46-40)50(63(5,55)56)23-7-9-25-31(19-23)65(59,60)47-41(45-25)35-39(52)33-27-11-13-29(62-27)37(33)49(43(35)54)17-15-21(3)4/h6-9,18-21,26-29,32-33,36-37,51-52H,10-17H2,1-5H3,(H,44,46)(H,45,47). The smallest absolute Gasteiger partial charge is 0.286 e. The van der Waals surface area contributed by atoms with Crippen molar-refractivity contribution < 1.29 is 54.5 Å². The zero-order valence-electron chi connectivity index (χ0n) is 36.3. The molecule has 0 spiro atoms. The van der Waals surface area contributed by atoms with Crippen molar-refractivity contribution in [3.63, 3.8) is 0 Å². The van der Waals surface area contributed by atoms with Crippen LogP contribution in [0.15, 0.2) is 77.6 Å². The normalized spacial score (nSPS) is 30.5. The number of aliphatic hydroxyl groups is 2. The zero-order valence-corrected chi connectivity index (χ0v) is 38.8. The van der Waals surface area contributed by atoms with E-state index in [9.17, 15) is 45.1 Å². The van der Waals surface area contributed by atoms with Gasteiger partial charge in [0.05, 0.1) is 77.3 Å². The minimum Gasteiger partial charge on any atom is -0.511 e. The van der Waals surface area contributed by atoms with Gasteiger partial charge in [-0.25, -0.2) is 12.7 Å². The van der Waals surface area contributed by atoms with Gasteiger partial charge in [-0.15, -0.1) is 8.80 Å². The number of amides is 2. The molecule has 348 valence electrons. The Kier molecular flexibility index (Phi) is 10.3. The van der Waals surface area contributed by atoms with E-state index in [-0.39, 0.29) is 93.3 Å². The van der Waals surface area contributed by atoms with Crippen LogP contribution in [0.25, 0.3) is 0 Å². The van der Waals surface area contributed by atoms with E-state index in [2.05, 4.69) is 19.4 Å².